The van der Waals surface area contributed by atoms with Crippen molar-refractivity contribution in [3.05, 3.63) is 0 Å². The van der Waals surface area contributed by atoms with E-state index in [0.717, 1.165) is 6.42 Å². The van der Waals surface area contributed by atoms with Crippen molar-refractivity contribution in [3.63, 3.8) is 0 Å². The molecule has 1 fully saturated rings. The summed E-state index contributed by atoms with van der Waals surface area (Å²) >= 11 is 0. The number of ether oxygens (including phenoxy) is 2. The van der Waals surface area contributed by atoms with Gasteiger partial charge in [0.1, 0.15) is 5.92 Å². The van der Waals surface area contributed by atoms with Crippen molar-refractivity contribution >= 4 is 0 Å². The van der Waals surface area contributed by atoms with Crippen LogP contribution in [-0.4, -0.2) is 20.0 Å². The smallest absolute Gasteiger partial charge is 0.186 e. The van der Waals surface area contributed by atoms with E-state index in [0.29, 0.717) is 5.92 Å². The SMILES string of the molecule is COC1(OC)C(C)CC1C#N. The Morgan fingerprint density at radius 3 is 2.18 bits per heavy atom. The molecule has 0 heterocycles. The molecule has 0 radical (unpaired) electrons. The second-order valence-corrected chi connectivity index (χ2v) is 2.95. The molecule has 0 amide bonds. The van der Waals surface area contributed by atoms with E-state index in [2.05, 4.69) is 6.07 Å². The van der Waals surface area contributed by atoms with E-state index in [1.807, 2.05) is 6.92 Å². The van der Waals surface area contributed by atoms with Crippen LogP contribution < -0.4 is 0 Å². The number of methoxy groups -OCH3 is 2. The van der Waals surface area contributed by atoms with E-state index in [4.69, 9.17) is 14.7 Å². The minimum atomic E-state index is -0.630. The van der Waals surface area contributed by atoms with Gasteiger partial charge < -0.3 is 9.47 Å². The number of hydrogen-bond donors (Lipinski definition) is 0. The van der Waals surface area contributed by atoms with E-state index in [1.165, 1.54) is 0 Å². The fourth-order valence-electron chi connectivity index (χ4n) is 1.78. The molecule has 0 bridgehead atoms. The first-order valence-corrected chi connectivity index (χ1v) is 3.71. The highest BCUT2D eigenvalue weighted by atomic mass is 16.7. The summed E-state index contributed by atoms with van der Waals surface area (Å²) in [6.07, 6.45) is 0.873. The van der Waals surface area contributed by atoms with E-state index >= 15 is 0 Å². The molecule has 1 rings (SSSR count). The van der Waals surface area contributed by atoms with Crippen molar-refractivity contribution in [2.75, 3.05) is 14.2 Å². The summed E-state index contributed by atoms with van der Waals surface area (Å²) in [5.41, 5.74) is 0. The minimum Gasteiger partial charge on any atom is -0.352 e. The van der Waals surface area contributed by atoms with Gasteiger partial charge in [0, 0.05) is 20.1 Å². The Morgan fingerprint density at radius 1 is 1.45 bits per heavy atom. The minimum absolute atomic E-state index is 0.104. The fraction of sp³-hybridized carbons (Fsp3) is 0.875. The normalized spacial score (nSPS) is 34.0. The number of nitriles is 1. The van der Waals surface area contributed by atoms with Gasteiger partial charge in [0.15, 0.2) is 5.79 Å². The Kier molecular flexibility index (Phi) is 2.17. The lowest BCUT2D eigenvalue weighted by atomic mass is 9.70. The van der Waals surface area contributed by atoms with Crippen molar-refractivity contribution < 1.29 is 9.47 Å². The van der Waals surface area contributed by atoms with Gasteiger partial charge in [-0.25, -0.2) is 0 Å². The predicted molar refractivity (Wildman–Crippen MR) is 39.6 cm³/mol. The lowest BCUT2D eigenvalue weighted by molar-refractivity contribution is -0.305. The van der Waals surface area contributed by atoms with Crippen LogP contribution in [0.2, 0.25) is 0 Å². The maximum Gasteiger partial charge on any atom is 0.186 e. The van der Waals surface area contributed by atoms with Crippen molar-refractivity contribution in [1.82, 2.24) is 0 Å². The van der Waals surface area contributed by atoms with Crippen LogP contribution in [0.1, 0.15) is 13.3 Å². The van der Waals surface area contributed by atoms with Gasteiger partial charge in [-0.05, 0) is 6.42 Å². The van der Waals surface area contributed by atoms with Crippen LogP contribution in [0.3, 0.4) is 0 Å². The van der Waals surface area contributed by atoms with Gasteiger partial charge in [-0.2, -0.15) is 5.26 Å². The molecule has 0 N–H and O–H groups in total. The van der Waals surface area contributed by atoms with Crippen LogP contribution in [0.15, 0.2) is 0 Å². The predicted octanol–water partition coefficient (Wildman–Crippen LogP) is 1.16. The molecule has 62 valence electrons. The van der Waals surface area contributed by atoms with E-state index < -0.39 is 5.79 Å². The fourth-order valence-corrected chi connectivity index (χ4v) is 1.78. The monoisotopic (exact) mass is 155 g/mol. The Morgan fingerprint density at radius 2 is 2.00 bits per heavy atom. The van der Waals surface area contributed by atoms with Crippen LogP contribution >= 0.6 is 0 Å². The molecule has 2 unspecified atom stereocenters. The van der Waals surface area contributed by atoms with Crippen LogP contribution in [0.25, 0.3) is 0 Å². The Bertz CT molecular complexity index is 181. The number of hydrogen-bond acceptors (Lipinski definition) is 3. The van der Waals surface area contributed by atoms with Crippen molar-refractivity contribution in [3.8, 4) is 6.07 Å². The van der Waals surface area contributed by atoms with E-state index in [-0.39, 0.29) is 5.92 Å². The average molecular weight is 155 g/mol. The largest absolute Gasteiger partial charge is 0.352 e. The first-order valence-electron chi connectivity index (χ1n) is 3.71. The lowest BCUT2D eigenvalue weighted by Gasteiger charge is -2.48. The standard InChI is InChI=1S/C8H13NO2/c1-6-4-7(5-9)8(6,10-2)11-3/h6-7H,4H2,1-3H3. The molecular formula is C8H13NO2. The van der Waals surface area contributed by atoms with Crippen molar-refractivity contribution in [2.45, 2.75) is 19.1 Å². The summed E-state index contributed by atoms with van der Waals surface area (Å²) in [5, 5.41) is 8.69. The summed E-state index contributed by atoms with van der Waals surface area (Å²) in [6.45, 7) is 2.03. The Hall–Kier alpha value is -0.590. The zero-order valence-electron chi connectivity index (χ0n) is 7.13. The molecule has 11 heavy (non-hydrogen) atoms. The maximum absolute atomic E-state index is 8.69. The highest BCUT2D eigenvalue weighted by molar-refractivity contribution is 5.06. The third-order valence-electron chi connectivity index (χ3n) is 2.56. The lowest BCUT2D eigenvalue weighted by Crippen LogP contribution is -2.56. The number of nitrogens with zero attached hydrogens (tertiary/aromatic N) is 1. The summed E-state index contributed by atoms with van der Waals surface area (Å²) in [5.74, 6) is -0.413. The second-order valence-electron chi connectivity index (χ2n) is 2.95. The van der Waals surface area contributed by atoms with Gasteiger partial charge in [-0.15, -0.1) is 0 Å². The second kappa shape index (κ2) is 2.80. The summed E-state index contributed by atoms with van der Waals surface area (Å²) in [4.78, 5) is 0. The molecule has 1 aliphatic rings. The quantitative estimate of drug-likeness (QED) is 0.562. The van der Waals surface area contributed by atoms with Crippen LogP contribution in [0, 0.1) is 23.2 Å². The van der Waals surface area contributed by atoms with Gasteiger partial charge in [0.25, 0.3) is 0 Å². The molecule has 0 spiro atoms. The summed E-state index contributed by atoms with van der Waals surface area (Å²) < 4.78 is 10.4. The van der Waals surface area contributed by atoms with Crippen LogP contribution in [0.5, 0.6) is 0 Å². The molecular weight excluding hydrogens is 142 g/mol. The highest BCUT2D eigenvalue weighted by Crippen LogP contribution is 2.46. The van der Waals surface area contributed by atoms with Crippen molar-refractivity contribution in [2.24, 2.45) is 11.8 Å². The molecule has 3 nitrogen and oxygen atoms in total. The third kappa shape index (κ3) is 0.943. The van der Waals surface area contributed by atoms with Crippen LogP contribution in [-0.2, 0) is 9.47 Å². The average Bonchev–Trinajstić information content (AvgIpc) is 2.02. The Balaban J connectivity index is 2.72. The van der Waals surface area contributed by atoms with E-state index in [9.17, 15) is 0 Å². The first kappa shape index (κ1) is 8.51. The maximum atomic E-state index is 8.69. The van der Waals surface area contributed by atoms with Crippen LogP contribution in [0.4, 0.5) is 0 Å². The van der Waals surface area contributed by atoms with Crippen molar-refractivity contribution in [1.29, 1.82) is 5.26 Å². The summed E-state index contributed by atoms with van der Waals surface area (Å²) in [6, 6.07) is 2.17. The van der Waals surface area contributed by atoms with E-state index in [1.54, 1.807) is 14.2 Å². The first-order chi connectivity index (χ1) is 5.21. The molecule has 0 aliphatic heterocycles. The van der Waals surface area contributed by atoms with Gasteiger partial charge >= 0.3 is 0 Å². The zero-order valence-corrected chi connectivity index (χ0v) is 7.13. The number of rotatable bonds is 2. The molecule has 0 saturated heterocycles. The van der Waals surface area contributed by atoms with Gasteiger partial charge in [0.2, 0.25) is 0 Å². The molecule has 1 aliphatic carbocycles. The van der Waals surface area contributed by atoms with Gasteiger partial charge in [-0.1, -0.05) is 6.92 Å². The molecule has 3 heteroatoms. The van der Waals surface area contributed by atoms with Gasteiger partial charge in [0.05, 0.1) is 6.07 Å². The molecule has 0 aromatic carbocycles. The summed E-state index contributed by atoms with van der Waals surface area (Å²) in [7, 11) is 3.17. The van der Waals surface area contributed by atoms with Gasteiger partial charge in [-0.3, -0.25) is 0 Å². The molecule has 0 aromatic heterocycles. The topological polar surface area (TPSA) is 42.2 Å². The Labute approximate surface area is 66.9 Å². The third-order valence-corrected chi connectivity index (χ3v) is 2.56. The zero-order chi connectivity index (χ0) is 8.48. The molecule has 2 atom stereocenters. The molecule has 1 saturated carbocycles. The molecule has 0 aromatic rings. The highest BCUT2D eigenvalue weighted by Gasteiger charge is 2.54.